The molecule has 2 saturated carbocycles. The van der Waals surface area contributed by atoms with E-state index in [9.17, 15) is 9.59 Å². The number of ketones is 2. The van der Waals surface area contributed by atoms with Gasteiger partial charge < -0.3 is 4.74 Å². The van der Waals surface area contributed by atoms with Gasteiger partial charge in [-0.1, -0.05) is 55.5 Å². The van der Waals surface area contributed by atoms with Crippen LogP contribution in [0.5, 0.6) is 0 Å². The number of Topliss-reactive ketones (excluding diaryl/α,β-unsaturated/α-hetero) is 2. The number of carbonyl (C=O) groups excluding carboxylic acids is 2. The van der Waals surface area contributed by atoms with Crippen LogP contribution in [0.15, 0.2) is 48.5 Å². The molecule has 3 nitrogen and oxygen atoms in total. The number of ether oxygens (including phenoxy) is 1. The number of rotatable bonds is 0. The summed E-state index contributed by atoms with van der Waals surface area (Å²) in [6.07, 6.45) is 1.33. The molecule has 1 heterocycles. The molecule has 3 heteroatoms. The van der Waals surface area contributed by atoms with Gasteiger partial charge in [0.1, 0.15) is 0 Å². The van der Waals surface area contributed by atoms with E-state index < -0.39 is 22.5 Å². The van der Waals surface area contributed by atoms with Crippen LogP contribution < -0.4 is 0 Å². The first-order valence-electron chi connectivity index (χ1n) is 9.40. The second kappa shape index (κ2) is 4.17. The van der Waals surface area contributed by atoms with Crippen molar-refractivity contribution >= 4 is 11.6 Å². The highest BCUT2D eigenvalue weighted by atomic mass is 16.6. The number of hydrogen-bond acceptors (Lipinski definition) is 3. The van der Waals surface area contributed by atoms with E-state index in [-0.39, 0.29) is 17.5 Å². The zero-order valence-corrected chi connectivity index (χ0v) is 14.9. The van der Waals surface area contributed by atoms with Crippen molar-refractivity contribution in [2.75, 3.05) is 0 Å². The number of benzene rings is 2. The van der Waals surface area contributed by atoms with Gasteiger partial charge in [-0.3, -0.25) is 9.59 Å². The van der Waals surface area contributed by atoms with E-state index in [0.717, 1.165) is 12.8 Å². The highest BCUT2D eigenvalue weighted by Crippen LogP contribution is 2.79. The summed E-state index contributed by atoms with van der Waals surface area (Å²) in [4.78, 5) is 26.8. The first-order chi connectivity index (χ1) is 12.5. The van der Waals surface area contributed by atoms with Gasteiger partial charge in [0.15, 0.2) is 23.3 Å². The highest BCUT2D eigenvalue weighted by Gasteiger charge is 2.90. The van der Waals surface area contributed by atoms with Gasteiger partial charge in [-0.05, 0) is 42.0 Å². The first-order valence-corrected chi connectivity index (χ1v) is 9.40. The number of aryl methyl sites for hydroxylation is 2. The summed E-state index contributed by atoms with van der Waals surface area (Å²) >= 11 is 0. The minimum absolute atomic E-state index is 0.108. The van der Waals surface area contributed by atoms with Gasteiger partial charge in [-0.25, -0.2) is 0 Å². The largest absolute Gasteiger partial charge is 0.350 e. The second-order valence-electron chi connectivity index (χ2n) is 8.59. The van der Waals surface area contributed by atoms with Crippen molar-refractivity contribution in [3.8, 4) is 0 Å². The van der Waals surface area contributed by atoms with Crippen molar-refractivity contribution in [3.05, 3.63) is 70.8 Å². The number of fused-ring (bicyclic) bond motifs is 8. The number of hydrogen-bond donors (Lipinski definition) is 0. The lowest BCUT2D eigenvalue weighted by molar-refractivity contribution is -0.132. The Morgan fingerprint density at radius 2 is 1.38 bits per heavy atom. The molecule has 1 saturated heterocycles. The van der Waals surface area contributed by atoms with Crippen LogP contribution in [0.25, 0.3) is 0 Å². The van der Waals surface area contributed by atoms with Crippen molar-refractivity contribution < 1.29 is 14.3 Å². The third-order valence-electron chi connectivity index (χ3n) is 7.60. The highest BCUT2D eigenvalue weighted by molar-refractivity contribution is 6.17. The fraction of sp³-hybridized carbons (Fsp3) is 0.391. The van der Waals surface area contributed by atoms with Crippen LogP contribution in [0.1, 0.15) is 36.1 Å². The standard InChI is InChI=1S/C23H20O3/c1-21-17(18(24)22(2)20(26-22)19(21)25)23(21)15-9-5-3-7-13(15)11-12-14-8-4-6-10-16(14)23/h3-10,17,20H,11-12H2,1-2H3/t17?,20?,21-,22-/m1/s1. The van der Waals surface area contributed by atoms with Crippen molar-refractivity contribution in [1.29, 1.82) is 0 Å². The van der Waals surface area contributed by atoms with Gasteiger partial charge in [0.05, 0.1) is 5.41 Å². The molecule has 6 rings (SSSR count). The molecule has 0 amide bonds. The second-order valence-corrected chi connectivity index (χ2v) is 8.59. The normalized spacial score (nSPS) is 37.9. The molecule has 2 unspecified atom stereocenters. The Kier molecular flexibility index (Phi) is 2.39. The Hall–Kier alpha value is -2.26. The van der Waals surface area contributed by atoms with Crippen LogP contribution in [0.4, 0.5) is 0 Å². The van der Waals surface area contributed by atoms with Crippen LogP contribution in [0.2, 0.25) is 0 Å². The monoisotopic (exact) mass is 344 g/mol. The Morgan fingerprint density at radius 1 is 0.846 bits per heavy atom. The molecule has 2 aromatic carbocycles. The van der Waals surface area contributed by atoms with Crippen molar-refractivity contribution in [2.45, 2.75) is 43.8 Å². The summed E-state index contributed by atoms with van der Waals surface area (Å²) in [6, 6.07) is 16.8. The molecular formula is C23H20O3. The zero-order chi connectivity index (χ0) is 17.9. The summed E-state index contributed by atoms with van der Waals surface area (Å²) < 4.78 is 5.60. The lowest BCUT2D eigenvalue weighted by atomic mass is 9.76. The molecule has 3 aliphatic carbocycles. The molecule has 26 heavy (non-hydrogen) atoms. The van der Waals surface area contributed by atoms with Crippen molar-refractivity contribution in [3.63, 3.8) is 0 Å². The van der Waals surface area contributed by atoms with Gasteiger partial charge in [-0.15, -0.1) is 0 Å². The van der Waals surface area contributed by atoms with Crippen LogP contribution in [0.3, 0.4) is 0 Å². The Labute approximate surface area is 152 Å². The molecule has 4 aliphatic rings. The van der Waals surface area contributed by atoms with Gasteiger partial charge in [0, 0.05) is 11.3 Å². The third kappa shape index (κ3) is 1.30. The smallest absolute Gasteiger partial charge is 0.172 e. The maximum atomic E-state index is 13.4. The van der Waals surface area contributed by atoms with Crippen LogP contribution >= 0.6 is 0 Å². The Bertz CT molecular complexity index is 972. The van der Waals surface area contributed by atoms with Crippen molar-refractivity contribution in [1.82, 2.24) is 0 Å². The Balaban J connectivity index is 1.71. The van der Waals surface area contributed by atoms with Crippen LogP contribution in [0, 0.1) is 11.3 Å². The summed E-state index contributed by atoms with van der Waals surface area (Å²) in [5.74, 6) is -0.112. The SMILES string of the molecule is C[C@]12C(=O)C3O[C@]3(C)C(=O)C1C21c2ccccc2CCc2ccccc21. The quantitative estimate of drug-likeness (QED) is 0.690. The first kappa shape index (κ1) is 14.9. The minimum Gasteiger partial charge on any atom is -0.350 e. The third-order valence-corrected chi connectivity index (χ3v) is 7.60. The van der Waals surface area contributed by atoms with E-state index in [1.54, 1.807) is 6.92 Å². The molecule has 4 atom stereocenters. The maximum Gasteiger partial charge on any atom is 0.172 e. The predicted molar refractivity (Wildman–Crippen MR) is 96.0 cm³/mol. The number of epoxide rings is 1. The van der Waals surface area contributed by atoms with E-state index in [4.69, 9.17) is 4.74 Å². The molecule has 0 aromatic heterocycles. The lowest BCUT2D eigenvalue weighted by Gasteiger charge is -2.25. The average Bonchev–Trinajstić information content (AvgIpc) is 3.52. The van der Waals surface area contributed by atoms with E-state index in [0.29, 0.717) is 0 Å². The maximum absolute atomic E-state index is 13.4. The summed E-state index contributed by atoms with van der Waals surface area (Å²) in [6.45, 7) is 3.79. The summed E-state index contributed by atoms with van der Waals surface area (Å²) in [7, 11) is 0. The molecular weight excluding hydrogens is 324 g/mol. The van der Waals surface area contributed by atoms with Gasteiger partial charge in [0.2, 0.25) is 0 Å². The lowest BCUT2D eigenvalue weighted by Crippen LogP contribution is -2.39. The van der Waals surface area contributed by atoms with E-state index in [1.165, 1.54) is 22.3 Å². The molecule has 0 radical (unpaired) electrons. The molecule has 1 spiro atoms. The molecule has 2 aromatic rings. The fourth-order valence-electron chi connectivity index (χ4n) is 6.21. The molecule has 0 N–H and O–H groups in total. The minimum atomic E-state index is -0.902. The topological polar surface area (TPSA) is 46.7 Å². The molecule has 1 aliphatic heterocycles. The van der Waals surface area contributed by atoms with Gasteiger partial charge in [0.25, 0.3) is 0 Å². The van der Waals surface area contributed by atoms with Gasteiger partial charge in [-0.2, -0.15) is 0 Å². The van der Waals surface area contributed by atoms with Crippen LogP contribution in [-0.2, 0) is 32.6 Å². The van der Waals surface area contributed by atoms with E-state index in [1.807, 2.05) is 19.1 Å². The predicted octanol–water partition coefficient (Wildman–Crippen LogP) is 3.02. The molecule has 0 bridgehead atoms. The van der Waals surface area contributed by atoms with Crippen molar-refractivity contribution in [2.24, 2.45) is 11.3 Å². The Morgan fingerprint density at radius 3 is 1.96 bits per heavy atom. The zero-order valence-electron chi connectivity index (χ0n) is 14.9. The summed E-state index contributed by atoms with van der Waals surface area (Å²) in [5.41, 5.74) is 2.72. The number of carbonyl (C=O) groups is 2. The molecule has 3 fully saturated rings. The average molecular weight is 344 g/mol. The van der Waals surface area contributed by atoms with E-state index in [2.05, 4.69) is 36.4 Å². The van der Waals surface area contributed by atoms with E-state index >= 15 is 0 Å². The van der Waals surface area contributed by atoms with Crippen LogP contribution in [-0.4, -0.2) is 23.3 Å². The fourth-order valence-corrected chi connectivity index (χ4v) is 6.21. The van der Waals surface area contributed by atoms with Gasteiger partial charge >= 0.3 is 0 Å². The summed E-state index contributed by atoms with van der Waals surface area (Å²) in [5, 5.41) is 0. The molecule has 130 valence electrons.